The maximum atomic E-state index is 13.2. The van der Waals surface area contributed by atoms with Crippen molar-refractivity contribution in [3.8, 4) is 5.75 Å². The molecule has 0 radical (unpaired) electrons. The van der Waals surface area contributed by atoms with E-state index in [0.717, 1.165) is 29.3 Å². The number of rotatable bonds is 6. The van der Waals surface area contributed by atoms with Crippen LogP contribution in [-0.2, 0) is 11.3 Å². The molecule has 3 aromatic rings. The summed E-state index contributed by atoms with van der Waals surface area (Å²) in [7, 11) is 1.56. The van der Waals surface area contributed by atoms with Gasteiger partial charge >= 0.3 is 6.03 Å². The van der Waals surface area contributed by atoms with Crippen molar-refractivity contribution >= 4 is 22.6 Å². The first-order valence-corrected chi connectivity index (χ1v) is 10.5. The van der Waals surface area contributed by atoms with E-state index in [9.17, 15) is 9.59 Å². The monoisotopic (exact) mass is 421 g/mol. The molecule has 4 rings (SSSR count). The predicted octanol–water partition coefficient (Wildman–Crippen LogP) is 4.06. The summed E-state index contributed by atoms with van der Waals surface area (Å²) in [5.74, 6) is 0.576. The van der Waals surface area contributed by atoms with Gasteiger partial charge in [-0.3, -0.25) is 4.79 Å². The number of nitrogens with zero attached hydrogens (tertiary/aromatic N) is 1. The highest BCUT2D eigenvalue weighted by Crippen LogP contribution is 2.24. The summed E-state index contributed by atoms with van der Waals surface area (Å²) < 4.78 is 11.1. The number of ether oxygens (including phenoxy) is 2. The Morgan fingerprint density at radius 2 is 2.10 bits per heavy atom. The molecule has 1 atom stereocenters. The summed E-state index contributed by atoms with van der Waals surface area (Å²) in [6, 6.07) is 14.7. The van der Waals surface area contributed by atoms with E-state index in [1.165, 1.54) is 0 Å². The van der Waals surface area contributed by atoms with Crippen LogP contribution in [0.4, 0.5) is 10.5 Å². The molecular formula is C24H27N3O4. The molecule has 1 unspecified atom stereocenters. The van der Waals surface area contributed by atoms with Crippen LogP contribution in [0.15, 0.2) is 53.3 Å². The van der Waals surface area contributed by atoms with Gasteiger partial charge in [-0.05, 0) is 55.0 Å². The molecule has 1 aliphatic heterocycles. The molecule has 7 heteroatoms. The Morgan fingerprint density at radius 1 is 1.26 bits per heavy atom. The molecule has 7 nitrogen and oxygen atoms in total. The quantitative estimate of drug-likeness (QED) is 0.629. The number of carbonyl (C=O) groups excluding carboxylic acids is 1. The van der Waals surface area contributed by atoms with E-state index < -0.39 is 0 Å². The second kappa shape index (κ2) is 9.22. The van der Waals surface area contributed by atoms with Crippen LogP contribution in [0, 0.1) is 6.92 Å². The second-order valence-corrected chi connectivity index (χ2v) is 7.86. The lowest BCUT2D eigenvalue weighted by Crippen LogP contribution is -2.40. The fourth-order valence-electron chi connectivity index (χ4n) is 3.88. The standard InChI is InChI=1S/C24H27N3O4/c1-16-9-10-17-13-18(23(28)25-21(17)12-16)14-27(15-19-6-5-11-31-19)24(29)26-20-7-3-4-8-22(20)30-2/h3-4,7-10,12-13,19H,5-6,11,14-15H2,1-2H3,(H,25,28)(H,26,29). The van der Waals surface area contributed by atoms with E-state index in [1.807, 2.05) is 43.3 Å². The summed E-state index contributed by atoms with van der Waals surface area (Å²) in [6.07, 6.45) is 1.83. The number of hydrogen-bond acceptors (Lipinski definition) is 4. The van der Waals surface area contributed by atoms with Crippen LogP contribution in [0.2, 0.25) is 0 Å². The van der Waals surface area contributed by atoms with Crippen LogP contribution in [0.25, 0.3) is 10.9 Å². The smallest absolute Gasteiger partial charge is 0.322 e. The minimum absolute atomic E-state index is 0.0365. The van der Waals surface area contributed by atoms with Crippen molar-refractivity contribution in [2.24, 2.45) is 0 Å². The van der Waals surface area contributed by atoms with E-state index >= 15 is 0 Å². The zero-order valence-electron chi connectivity index (χ0n) is 17.8. The molecule has 2 aromatic carbocycles. The number of carbonyl (C=O) groups is 1. The normalized spacial score (nSPS) is 15.7. The Labute approximate surface area is 181 Å². The number of aromatic nitrogens is 1. The van der Waals surface area contributed by atoms with E-state index in [2.05, 4.69) is 10.3 Å². The van der Waals surface area contributed by atoms with Crippen LogP contribution >= 0.6 is 0 Å². The van der Waals surface area contributed by atoms with E-state index in [4.69, 9.17) is 9.47 Å². The molecule has 1 aliphatic rings. The van der Waals surface area contributed by atoms with Crippen LogP contribution in [0.1, 0.15) is 24.0 Å². The number of amides is 2. The molecule has 1 fully saturated rings. The predicted molar refractivity (Wildman–Crippen MR) is 121 cm³/mol. The third-order valence-electron chi connectivity index (χ3n) is 5.52. The number of hydrogen-bond donors (Lipinski definition) is 2. The lowest BCUT2D eigenvalue weighted by atomic mass is 10.1. The van der Waals surface area contributed by atoms with Gasteiger partial charge in [0.15, 0.2) is 0 Å². The Kier molecular flexibility index (Phi) is 6.23. The molecule has 2 heterocycles. The van der Waals surface area contributed by atoms with Crippen molar-refractivity contribution in [3.63, 3.8) is 0 Å². The maximum Gasteiger partial charge on any atom is 0.322 e. The molecule has 0 saturated carbocycles. The largest absolute Gasteiger partial charge is 0.495 e. The Balaban J connectivity index is 1.61. The van der Waals surface area contributed by atoms with Crippen molar-refractivity contribution in [3.05, 3.63) is 70.0 Å². The van der Waals surface area contributed by atoms with E-state index in [1.54, 1.807) is 24.1 Å². The Bertz CT molecular complexity index is 1140. The van der Waals surface area contributed by atoms with Crippen LogP contribution in [0.3, 0.4) is 0 Å². The highest BCUT2D eigenvalue weighted by Gasteiger charge is 2.24. The van der Waals surface area contributed by atoms with Crippen molar-refractivity contribution < 1.29 is 14.3 Å². The minimum Gasteiger partial charge on any atom is -0.495 e. The number of H-pyrrole nitrogens is 1. The molecule has 0 bridgehead atoms. The number of aromatic amines is 1. The molecule has 2 amide bonds. The average Bonchev–Trinajstić information content (AvgIpc) is 3.27. The summed E-state index contributed by atoms with van der Waals surface area (Å²) in [5.41, 5.74) is 2.78. The summed E-state index contributed by atoms with van der Waals surface area (Å²) >= 11 is 0. The average molecular weight is 421 g/mol. The molecule has 1 saturated heterocycles. The SMILES string of the molecule is COc1ccccc1NC(=O)N(Cc1cc2ccc(C)cc2[nH]c1=O)CC1CCCO1. The Hall–Kier alpha value is -3.32. The topological polar surface area (TPSA) is 83.7 Å². The van der Waals surface area contributed by atoms with Gasteiger partial charge in [-0.25, -0.2) is 4.79 Å². The highest BCUT2D eigenvalue weighted by atomic mass is 16.5. The highest BCUT2D eigenvalue weighted by molar-refractivity contribution is 5.91. The number of benzene rings is 2. The lowest BCUT2D eigenvalue weighted by Gasteiger charge is -2.26. The van der Waals surface area contributed by atoms with Gasteiger partial charge in [-0.1, -0.05) is 24.3 Å². The number of urea groups is 1. The van der Waals surface area contributed by atoms with Crippen molar-refractivity contribution in [2.45, 2.75) is 32.4 Å². The number of methoxy groups -OCH3 is 1. The van der Waals surface area contributed by atoms with Crippen molar-refractivity contribution in [1.29, 1.82) is 0 Å². The molecule has 0 spiro atoms. The molecule has 1 aromatic heterocycles. The molecule has 31 heavy (non-hydrogen) atoms. The van der Waals surface area contributed by atoms with E-state index in [-0.39, 0.29) is 24.2 Å². The van der Waals surface area contributed by atoms with Crippen LogP contribution in [-0.4, -0.2) is 42.3 Å². The number of pyridine rings is 1. The number of aryl methyl sites for hydroxylation is 1. The van der Waals surface area contributed by atoms with Crippen LogP contribution < -0.4 is 15.6 Å². The van der Waals surface area contributed by atoms with Gasteiger partial charge < -0.3 is 24.7 Å². The Morgan fingerprint density at radius 3 is 2.87 bits per heavy atom. The summed E-state index contributed by atoms with van der Waals surface area (Å²) in [4.78, 5) is 30.5. The summed E-state index contributed by atoms with van der Waals surface area (Å²) in [5, 5.41) is 3.85. The fraction of sp³-hybridized carbons (Fsp3) is 0.333. The molecular weight excluding hydrogens is 394 g/mol. The fourth-order valence-corrected chi connectivity index (χ4v) is 3.88. The third-order valence-corrected chi connectivity index (χ3v) is 5.52. The zero-order valence-corrected chi connectivity index (χ0v) is 17.8. The van der Waals surface area contributed by atoms with Gasteiger partial charge in [0.1, 0.15) is 5.75 Å². The maximum absolute atomic E-state index is 13.2. The van der Waals surface area contributed by atoms with Crippen molar-refractivity contribution in [2.75, 3.05) is 25.6 Å². The number of anilines is 1. The van der Waals surface area contributed by atoms with Gasteiger partial charge in [0.05, 0.1) is 25.4 Å². The molecule has 0 aliphatic carbocycles. The molecule has 2 N–H and O–H groups in total. The van der Waals surface area contributed by atoms with Gasteiger partial charge in [-0.15, -0.1) is 0 Å². The third kappa shape index (κ3) is 4.88. The number of nitrogens with one attached hydrogen (secondary N) is 2. The van der Waals surface area contributed by atoms with Crippen molar-refractivity contribution in [1.82, 2.24) is 9.88 Å². The zero-order chi connectivity index (χ0) is 21.8. The summed E-state index contributed by atoms with van der Waals surface area (Å²) in [6.45, 7) is 3.27. The van der Waals surface area contributed by atoms with E-state index in [0.29, 0.717) is 30.2 Å². The first kappa shape index (κ1) is 20.9. The van der Waals surface area contributed by atoms with Gasteiger partial charge in [0, 0.05) is 24.2 Å². The number of fused-ring (bicyclic) bond motifs is 1. The second-order valence-electron chi connectivity index (χ2n) is 7.86. The first-order valence-electron chi connectivity index (χ1n) is 10.5. The van der Waals surface area contributed by atoms with Gasteiger partial charge in [0.25, 0.3) is 5.56 Å². The van der Waals surface area contributed by atoms with Gasteiger partial charge in [0.2, 0.25) is 0 Å². The number of para-hydroxylation sites is 2. The van der Waals surface area contributed by atoms with Crippen LogP contribution in [0.5, 0.6) is 5.75 Å². The minimum atomic E-state index is -0.302. The first-order chi connectivity index (χ1) is 15.0. The molecule has 162 valence electrons. The lowest BCUT2D eigenvalue weighted by molar-refractivity contribution is 0.0818. The van der Waals surface area contributed by atoms with Gasteiger partial charge in [-0.2, -0.15) is 0 Å².